The van der Waals surface area contributed by atoms with E-state index in [1.54, 1.807) is 24.3 Å². The quantitative estimate of drug-likeness (QED) is 0.819. The van der Waals surface area contributed by atoms with E-state index in [1.165, 1.54) is 4.90 Å². The van der Waals surface area contributed by atoms with Gasteiger partial charge in [0.1, 0.15) is 12.3 Å². The van der Waals surface area contributed by atoms with Crippen LogP contribution in [-0.4, -0.2) is 38.8 Å². The fourth-order valence-electron chi connectivity index (χ4n) is 1.76. The average Bonchev–Trinajstić information content (AvgIpc) is 2.25. The second kappa shape index (κ2) is 4.41. The molecule has 0 unspecified atom stereocenters. The first-order valence-electron chi connectivity index (χ1n) is 5.24. The monoisotopic (exact) mass is 268 g/mol. The van der Waals surface area contributed by atoms with Crippen molar-refractivity contribution in [3.8, 4) is 0 Å². The summed E-state index contributed by atoms with van der Waals surface area (Å²) in [5.74, 6) is -1.54. The van der Waals surface area contributed by atoms with E-state index in [-0.39, 0.29) is 12.5 Å². The fourth-order valence-corrected chi connectivity index (χ4v) is 2.36. The number of nitrogens with one attached hydrogen (secondary N) is 1. The standard InChI is InChI=1S/C11H12N2O4S/c1-18(16,17)7-11(15)13-6-10(14)12-8-4-2-3-5-9(8)13/h2-5H,6-7H2,1H3,(H,12,14). The molecule has 2 amide bonds. The van der Waals surface area contributed by atoms with Gasteiger partial charge in [0.15, 0.2) is 9.84 Å². The lowest BCUT2D eigenvalue weighted by atomic mass is 10.2. The van der Waals surface area contributed by atoms with Crippen LogP contribution >= 0.6 is 0 Å². The predicted molar refractivity (Wildman–Crippen MR) is 67.1 cm³/mol. The van der Waals surface area contributed by atoms with Crippen LogP contribution in [0.3, 0.4) is 0 Å². The Hall–Kier alpha value is -1.89. The number of anilines is 2. The summed E-state index contributed by atoms with van der Waals surface area (Å²) in [5, 5.41) is 2.63. The van der Waals surface area contributed by atoms with Gasteiger partial charge >= 0.3 is 0 Å². The molecule has 0 atom stereocenters. The molecular weight excluding hydrogens is 256 g/mol. The van der Waals surface area contributed by atoms with E-state index in [0.717, 1.165) is 6.26 Å². The van der Waals surface area contributed by atoms with Gasteiger partial charge in [0.2, 0.25) is 11.8 Å². The van der Waals surface area contributed by atoms with Crippen LogP contribution in [0.2, 0.25) is 0 Å². The van der Waals surface area contributed by atoms with Crippen molar-refractivity contribution in [1.29, 1.82) is 0 Å². The number of rotatable bonds is 2. The molecule has 0 saturated heterocycles. The largest absolute Gasteiger partial charge is 0.323 e. The summed E-state index contributed by atoms with van der Waals surface area (Å²) in [6, 6.07) is 6.77. The number of carbonyl (C=O) groups is 2. The first-order valence-corrected chi connectivity index (χ1v) is 7.30. The number of hydrogen-bond acceptors (Lipinski definition) is 4. The first kappa shape index (κ1) is 12.6. The van der Waals surface area contributed by atoms with E-state index in [4.69, 9.17) is 0 Å². The van der Waals surface area contributed by atoms with Crippen LogP contribution in [0.4, 0.5) is 11.4 Å². The second-order valence-electron chi connectivity index (χ2n) is 4.12. The molecular formula is C11H12N2O4S. The highest BCUT2D eigenvalue weighted by atomic mass is 32.2. The summed E-state index contributed by atoms with van der Waals surface area (Å²) in [7, 11) is -3.42. The maximum absolute atomic E-state index is 11.9. The molecule has 0 bridgehead atoms. The van der Waals surface area contributed by atoms with Crippen LogP contribution in [0.5, 0.6) is 0 Å². The predicted octanol–water partition coefficient (Wildman–Crippen LogP) is 0.0163. The normalized spacial score (nSPS) is 14.9. The zero-order valence-corrected chi connectivity index (χ0v) is 10.5. The van der Waals surface area contributed by atoms with Crippen LogP contribution in [0.15, 0.2) is 24.3 Å². The van der Waals surface area contributed by atoms with Crippen LogP contribution < -0.4 is 10.2 Å². The molecule has 0 radical (unpaired) electrons. The molecule has 96 valence electrons. The minimum absolute atomic E-state index is 0.161. The van der Waals surface area contributed by atoms with Gasteiger partial charge in [-0.25, -0.2) is 8.42 Å². The molecule has 2 rings (SSSR count). The Morgan fingerprint density at radius 2 is 2.06 bits per heavy atom. The van der Waals surface area contributed by atoms with Gasteiger partial charge in [-0.15, -0.1) is 0 Å². The number of carbonyl (C=O) groups excluding carboxylic acids is 2. The molecule has 7 heteroatoms. The highest BCUT2D eigenvalue weighted by Crippen LogP contribution is 2.28. The van der Waals surface area contributed by atoms with Crippen molar-refractivity contribution in [3.05, 3.63) is 24.3 Å². The van der Waals surface area contributed by atoms with Gasteiger partial charge in [-0.05, 0) is 12.1 Å². The molecule has 6 nitrogen and oxygen atoms in total. The zero-order valence-electron chi connectivity index (χ0n) is 9.71. The molecule has 1 aliphatic rings. The SMILES string of the molecule is CS(=O)(=O)CC(=O)N1CC(=O)Nc2ccccc21. The minimum Gasteiger partial charge on any atom is -0.323 e. The van der Waals surface area contributed by atoms with Gasteiger partial charge in [0.05, 0.1) is 11.4 Å². The molecule has 1 aliphatic heterocycles. The van der Waals surface area contributed by atoms with Crippen molar-refractivity contribution in [1.82, 2.24) is 0 Å². The Bertz CT molecular complexity index is 609. The summed E-state index contributed by atoms with van der Waals surface area (Å²) in [5.41, 5.74) is 1.03. The van der Waals surface area contributed by atoms with Crippen LogP contribution in [0.1, 0.15) is 0 Å². The molecule has 1 N–H and O–H groups in total. The maximum Gasteiger partial charge on any atom is 0.244 e. The Morgan fingerprint density at radius 1 is 1.39 bits per heavy atom. The van der Waals surface area contributed by atoms with Crippen molar-refractivity contribution in [2.24, 2.45) is 0 Å². The molecule has 0 aliphatic carbocycles. The number of hydrogen-bond donors (Lipinski definition) is 1. The molecule has 0 saturated carbocycles. The number of sulfone groups is 1. The third kappa shape index (κ3) is 2.67. The Morgan fingerprint density at radius 3 is 2.72 bits per heavy atom. The molecule has 18 heavy (non-hydrogen) atoms. The lowest BCUT2D eigenvalue weighted by Crippen LogP contribution is -2.44. The summed E-state index contributed by atoms with van der Waals surface area (Å²) < 4.78 is 22.3. The van der Waals surface area contributed by atoms with Crippen LogP contribution in [0.25, 0.3) is 0 Å². The average molecular weight is 268 g/mol. The summed E-state index contributed by atoms with van der Waals surface area (Å²) in [4.78, 5) is 24.5. The van der Waals surface area contributed by atoms with Gasteiger partial charge in [-0.1, -0.05) is 12.1 Å². The Labute approximate surface area is 105 Å². The third-order valence-corrected chi connectivity index (χ3v) is 3.23. The lowest BCUT2D eigenvalue weighted by Gasteiger charge is -2.28. The summed E-state index contributed by atoms with van der Waals surface area (Å²) in [6.45, 7) is -0.161. The van der Waals surface area contributed by atoms with Gasteiger partial charge in [-0.3, -0.25) is 9.59 Å². The van der Waals surface area contributed by atoms with E-state index in [2.05, 4.69) is 5.32 Å². The molecule has 1 aromatic rings. The zero-order chi connectivity index (χ0) is 13.3. The number of amides is 2. The molecule has 0 fully saturated rings. The van der Waals surface area contributed by atoms with E-state index in [1.807, 2.05) is 0 Å². The number of para-hydroxylation sites is 2. The van der Waals surface area contributed by atoms with E-state index < -0.39 is 21.5 Å². The van der Waals surface area contributed by atoms with Gasteiger partial charge in [0.25, 0.3) is 0 Å². The van der Waals surface area contributed by atoms with Crippen LogP contribution in [-0.2, 0) is 19.4 Å². The topological polar surface area (TPSA) is 83.6 Å². The molecule has 1 aromatic carbocycles. The summed E-state index contributed by atoms with van der Waals surface area (Å²) >= 11 is 0. The molecule has 1 heterocycles. The van der Waals surface area contributed by atoms with Crippen molar-refractivity contribution in [2.75, 3.05) is 28.8 Å². The van der Waals surface area contributed by atoms with Gasteiger partial charge in [-0.2, -0.15) is 0 Å². The van der Waals surface area contributed by atoms with E-state index in [0.29, 0.717) is 11.4 Å². The summed E-state index contributed by atoms with van der Waals surface area (Å²) in [6.07, 6.45) is 0.987. The van der Waals surface area contributed by atoms with Crippen molar-refractivity contribution in [3.63, 3.8) is 0 Å². The van der Waals surface area contributed by atoms with Crippen molar-refractivity contribution < 1.29 is 18.0 Å². The lowest BCUT2D eigenvalue weighted by molar-refractivity contribution is -0.120. The van der Waals surface area contributed by atoms with E-state index >= 15 is 0 Å². The maximum atomic E-state index is 11.9. The highest BCUT2D eigenvalue weighted by molar-refractivity contribution is 7.91. The second-order valence-corrected chi connectivity index (χ2v) is 6.26. The van der Waals surface area contributed by atoms with E-state index in [9.17, 15) is 18.0 Å². The van der Waals surface area contributed by atoms with Gasteiger partial charge in [0, 0.05) is 6.26 Å². The Balaban J connectivity index is 2.34. The van der Waals surface area contributed by atoms with Crippen LogP contribution in [0, 0.1) is 0 Å². The third-order valence-electron chi connectivity index (χ3n) is 2.46. The Kier molecular flexibility index (Phi) is 3.08. The molecule has 0 spiro atoms. The smallest absolute Gasteiger partial charge is 0.244 e. The van der Waals surface area contributed by atoms with Crippen molar-refractivity contribution in [2.45, 2.75) is 0 Å². The minimum atomic E-state index is -3.42. The fraction of sp³-hybridized carbons (Fsp3) is 0.273. The number of nitrogens with zero attached hydrogens (tertiary/aromatic N) is 1. The first-order chi connectivity index (χ1) is 8.37. The highest BCUT2D eigenvalue weighted by Gasteiger charge is 2.28. The van der Waals surface area contributed by atoms with Gasteiger partial charge < -0.3 is 10.2 Å². The number of benzene rings is 1. The number of fused-ring (bicyclic) bond motifs is 1. The van der Waals surface area contributed by atoms with Crippen molar-refractivity contribution >= 4 is 33.0 Å². The molecule has 0 aromatic heterocycles.